The Balaban J connectivity index is 1.93. The average Bonchev–Trinajstić information content (AvgIpc) is 2.88. The second kappa shape index (κ2) is 6.00. The van der Waals surface area contributed by atoms with Gasteiger partial charge >= 0.3 is 0 Å². The molecule has 1 aromatic rings. The molecule has 0 radical (unpaired) electrons. The molecule has 1 aliphatic rings. The summed E-state index contributed by atoms with van der Waals surface area (Å²) < 4.78 is 27.7. The topological polar surface area (TPSA) is 58.2 Å². The van der Waals surface area contributed by atoms with Crippen molar-refractivity contribution in [3.8, 4) is 0 Å². The molecule has 2 rings (SSSR count). The molecule has 0 spiro atoms. The van der Waals surface area contributed by atoms with E-state index in [4.69, 9.17) is 0 Å². The normalized spacial score (nSPS) is 20.4. The van der Waals surface area contributed by atoms with Gasteiger partial charge in [-0.1, -0.05) is 0 Å². The van der Waals surface area contributed by atoms with Gasteiger partial charge in [0.15, 0.2) is 0 Å². The summed E-state index contributed by atoms with van der Waals surface area (Å²) in [7, 11) is -3.36. The zero-order chi connectivity index (χ0) is 13.2. The molecule has 1 saturated heterocycles. The largest absolute Gasteiger partial charge is 0.314 e. The number of nitrogens with one attached hydrogen (secondary N) is 2. The molecule has 2 heterocycles. The lowest BCUT2D eigenvalue weighted by Crippen LogP contribution is -2.30. The highest BCUT2D eigenvalue weighted by molar-refractivity contribution is 9.11. The lowest BCUT2D eigenvalue weighted by Gasteiger charge is -2.11. The highest BCUT2D eigenvalue weighted by Crippen LogP contribution is 2.29. The van der Waals surface area contributed by atoms with Crippen LogP contribution >= 0.6 is 27.3 Å². The Labute approximate surface area is 120 Å². The molecule has 1 aliphatic heterocycles. The van der Waals surface area contributed by atoms with Crippen LogP contribution in [0.15, 0.2) is 14.7 Å². The molecule has 1 aromatic heterocycles. The van der Waals surface area contributed by atoms with Gasteiger partial charge in [0.2, 0.25) is 10.0 Å². The van der Waals surface area contributed by atoms with E-state index in [1.54, 1.807) is 6.07 Å². The molecule has 18 heavy (non-hydrogen) atoms. The van der Waals surface area contributed by atoms with E-state index in [0.29, 0.717) is 17.5 Å². The molecule has 0 amide bonds. The van der Waals surface area contributed by atoms with Gasteiger partial charge in [-0.15, -0.1) is 11.3 Å². The minimum absolute atomic E-state index is 0.388. The highest BCUT2D eigenvalue weighted by Gasteiger charge is 2.20. The maximum atomic E-state index is 12.1. The standard InChI is InChI=1S/C11H17BrN2O2S2/c1-8-10(7-11(12)17-8)18(15,16)14-6-4-9-3-2-5-13-9/h7,9,13-14H,2-6H2,1H3/t9-/m0/s1. The van der Waals surface area contributed by atoms with Gasteiger partial charge in [0, 0.05) is 17.5 Å². The van der Waals surface area contributed by atoms with Crippen molar-refractivity contribution in [2.24, 2.45) is 0 Å². The van der Waals surface area contributed by atoms with Crippen LogP contribution in [0.4, 0.5) is 0 Å². The van der Waals surface area contributed by atoms with E-state index in [0.717, 1.165) is 28.0 Å². The van der Waals surface area contributed by atoms with Crippen molar-refractivity contribution in [1.29, 1.82) is 0 Å². The summed E-state index contributed by atoms with van der Waals surface area (Å²) in [6.45, 7) is 3.36. The third-order valence-electron chi connectivity index (χ3n) is 3.08. The number of thiophene rings is 1. The third-order valence-corrected chi connectivity index (χ3v) is 6.35. The van der Waals surface area contributed by atoms with E-state index in [-0.39, 0.29) is 0 Å². The maximum Gasteiger partial charge on any atom is 0.241 e. The monoisotopic (exact) mass is 352 g/mol. The molecule has 0 aliphatic carbocycles. The molecule has 0 saturated carbocycles. The van der Waals surface area contributed by atoms with Crippen molar-refractivity contribution in [2.45, 2.75) is 37.1 Å². The second-order valence-corrected chi connectivity index (χ2v) is 8.82. The number of hydrogen-bond donors (Lipinski definition) is 2. The smallest absolute Gasteiger partial charge is 0.241 e. The van der Waals surface area contributed by atoms with Crippen LogP contribution in [-0.2, 0) is 10.0 Å². The van der Waals surface area contributed by atoms with Gasteiger partial charge in [-0.05, 0) is 54.7 Å². The van der Waals surface area contributed by atoms with E-state index >= 15 is 0 Å². The fourth-order valence-electron chi connectivity index (χ4n) is 2.15. The predicted molar refractivity (Wildman–Crippen MR) is 77.6 cm³/mol. The van der Waals surface area contributed by atoms with Gasteiger partial charge in [-0.3, -0.25) is 0 Å². The number of halogens is 1. The molecule has 0 bridgehead atoms. The van der Waals surface area contributed by atoms with Crippen molar-refractivity contribution in [1.82, 2.24) is 10.0 Å². The molecule has 7 heteroatoms. The van der Waals surface area contributed by atoms with Crippen LogP contribution in [-0.4, -0.2) is 27.5 Å². The fourth-order valence-corrected chi connectivity index (χ4v) is 5.61. The zero-order valence-electron chi connectivity index (χ0n) is 10.2. The lowest BCUT2D eigenvalue weighted by molar-refractivity contribution is 0.539. The molecular formula is C11H17BrN2O2S2. The lowest BCUT2D eigenvalue weighted by atomic mass is 10.2. The van der Waals surface area contributed by atoms with Crippen molar-refractivity contribution in [3.05, 3.63) is 14.7 Å². The fraction of sp³-hybridized carbons (Fsp3) is 0.636. The van der Waals surface area contributed by atoms with Crippen molar-refractivity contribution in [3.63, 3.8) is 0 Å². The first-order valence-corrected chi connectivity index (χ1v) is 9.07. The Morgan fingerprint density at radius 1 is 1.61 bits per heavy atom. The van der Waals surface area contributed by atoms with Crippen LogP contribution in [0.25, 0.3) is 0 Å². The molecule has 1 atom stereocenters. The highest BCUT2D eigenvalue weighted by atomic mass is 79.9. The minimum Gasteiger partial charge on any atom is -0.314 e. The first-order chi connectivity index (χ1) is 8.49. The van der Waals surface area contributed by atoms with Crippen LogP contribution in [0.3, 0.4) is 0 Å². The summed E-state index contributed by atoms with van der Waals surface area (Å²) >= 11 is 4.75. The van der Waals surface area contributed by atoms with Gasteiger partial charge in [-0.25, -0.2) is 13.1 Å². The van der Waals surface area contributed by atoms with E-state index in [1.807, 2.05) is 6.92 Å². The first kappa shape index (κ1) is 14.5. The number of sulfonamides is 1. The number of hydrogen-bond acceptors (Lipinski definition) is 4. The third kappa shape index (κ3) is 3.54. The molecule has 1 fully saturated rings. The summed E-state index contributed by atoms with van der Waals surface area (Å²) in [5.74, 6) is 0. The predicted octanol–water partition coefficient (Wildman–Crippen LogP) is 2.24. The first-order valence-electron chi connectivity index (χ1n) is 5.98. The maximum absolute atomic E-state index is 12.1. The zero-order valence-corrected chi connectivity index (χ0v) is 13.4. The van der Waals surface area contributed by atoms with Gasteiger partial charge in [-0.2, -0.15) is 0 Å². The number of aryl methyl sites for hydroxylation is 1. The summed E-state index contributed by atoms with van der Waals surface area (Å²) in [6.07, 6.45) is 3.18. The van der Waals surface area contributed by atoms with Crippen LogP contribution < -0.4 is 10.0 Å². The Kier molecular flexibility index (Phi) is 4.82. The summed E-state index contributed by atoms with van der Waals surface area (Å²) in [4.78, 5) is 1.20. The van der Waals surface area contributed by atoms with E-state index < -0.39 is 10.0 Å². The summed E-state index contributed by atoms with van der Waals surface area (Å²) in [6, 6.07) is 2.12. The molecule has 102 valence electrons. The van der Waals surface area contributed by atoms with Gasteiger partial charge < -0.3 is 5.32 Å². The SMILES string of the molecule is Cc1sc(Br)cc1S(=O)(=O)NCC[C@@H]1CCCN1. The Hall–Kier alpha value is 0.0500. The molecule has 4 nitrogen and oxygen atoms in total. The van der Waals surface area contributed by atoms with Crippen LogP contribution in [0.2, 0.25) is 0 Å². The Morgan fingerprint density at radius 3 is 2.94 bits per heavy atom. The van der Waals surface area contributed by atoms with Crippen molar-refractivity contribution in [2.75, 3.05) is 13.1 Å². The van der Waals surface area contributed by atoms with E-state index in [2.05, 4.69) is 26.0 Å². The van der Waals surface area contributed by atoms with Gasteiger partial charge in [0.25, 0.3) is 0 Å². The molecule has 2 N–H and O–H groups in total. The van der Waals surface area contributed by atoms with Crippen LogP contribution in [0.1, 0.15) is 24.1 Å². The van der Waals surface area contributed by atoms with Crippen LogP contribution in [0, 0.1) is 6.92 Å². The second-order valence-electron chi connectivity index (χ2n) is 4.45. The average molecular weight is 353 g/mol. The minimum atomic E-state index is -3.36. The van der Waals surface area contributed by atoms with Crippen molar-refractivity contribution < 1.29 is 8.42 Å². The molecule has 0 aromatic carbocycles. The van der Waals surface area contributed by atoms with Crippen molar-refractivity contribution >= 4 is 37.3 Å². The number of rotatable bonds is 5. The molecule has 0 unspecified atom stereocenters. The van der Waals surface area contributed by atoms with E-state index in [9.17, 15) is 8.42 Å². The quantitative estimate of drug-likeness (QED) is 0.854. The summed E-state index contributed by atoms with van der Waals surface area (Å²) in [5.41, 5.74) is 0. The van der Waals surface area contributed by atoms with E-state index in [1.165, 1.54) is 17.8 Å². The molecular weight excluding hydrogens is 336 g/mol. The Bertz CT molecular complexity index is 507. The van der Waals surface area contributed by atoms with Gasteiger partial charge in [0.05, 0.1) is 8.68 Å². The Morgan fingerprint density at radius 2 is 2.39 bits per heavy atom. The summed E-state index contributed by atoms with van der Waals surface area (Å²) in [5, 5.41) is 3.36. The van der Waals surface area contributed by atoms with Crippen LogP contribution in [0.5, 0.6) is 0 Å². The van der Waals surface area contributed by atoms with Gasteiger partial charge in [0.1, 0.15) is 0 Å².